The van der Waals surface area contributed by atoms with Gasteiger partial charge in [-0.05, 0) is 35.7 Å². The second-order valence-electron chi connectivity index (χ2n) is 4.60. The summed E-state index contributed by atoms with van der Waals surface area (Å²) in [6.45, 7) is 4.95. The van der Waals surface area contributed by atoms with E-state index in [0.29, 0.717) is 6.61 Å². The minimum Gasteiger partial charge on any atom is -0.488 e. The summed E-state index contributed by atoms with van der Waals surface area (Å²) in [6, 6.07) is 12.6. The quantitative estimate of drug-likeness (QED) is 0.928. The smallest absolute Gasteiger partial charge is 0.122 e. The summed E-state index contributed by atoms with van der Waals surface area (Å²) in [6.07, 6.45) is 0. The molecule has 0 spiro atoms. The first-order chi connectivity index (χ1) is 9.42. The topological polar surface area (TPSA) is 24.5 Å². The highest BCUT2D eigenvalue weighted by atomic mass is 32.1. The molecule has 0 aliphatic carbocycles. The largest absolute Gasteiger partial charge is 0.488 e. The van der Waals surface area contributed by atoms with Crippen LogP contribution in [-0.2, 0) is 6.61 Å². The molecule has 0 bridgehead atoms. The lowest BCUT2D eigenvalue weighted by Crippen LogP contribution is -2.43. The van der Waals surface area contributed by atoms with E-state index in [9.17, 15) is 0 Å². The lowest BCUT2D eigenvalue weighted by molar-refractivity contribution is 0.310. The normalized spacial score (nSPS) is 15.5. The van der Waals surface area contributed by atoms with Crippen molar-refractivity contribution in [2.45, 2.75) is 6.61 Å². The Balaban J connectivity index is 1.58. The third kappa shape index (κ3) is 3.28. The zero-order chi connectivity index (χ0) is 12.9. The van der Waals surface area contributed by atoms with Gasteiger partial charge in [-0.15, -0.1) is 11.3 Å². The van der Waals surface area contributed by atoms with Crippen LogP contribution in [0.2, 0.25) is 0 Å². The van der Waals surface area contributed by atoms with Gasteiger partial charge in [0, 0.05) is 36.7 Å². The van der Waals surface area contributed by atoms with Crippen molar-refractivity contribution in [2.24, 2.45) is 0 Å². The maximum atomic E-state index is 5.77. The van der Waals surface area contributed by atoms with Crippen LogP contribution >= 0.6 is 11.3 Å². The van der Waals surface area contributed by atoms with Crippen molar-refractivity contribution in [3.8, 4) is 5.75 Å². The second-order valence-corrected chi connectivity index (χ2v) is 5.63. The van der Waals surface area contributed by atoms with Crippen LogP contribution in [0.15, 0.2) is 41.8 Å². The number of thiophene rings is 1. The van der Waals surface area contributed by atoms with E-state index in [1.165, 1.54) is 10.6 Å². The lowest BCUT2D eigenvalue weighted by Gasteiger charge is -2.29. The number of rotatable bonds is 4. The van der Waals surface area contributed by atoms with E-state index in [2.05, 4.69) is 52.0 Å². The van der Waals surface area contributed by atoms with E-state index in [1.807, 2.05) is 0 Å². The molecule has 4 heteroatoms. The van der Waals surface area contributed by atoms with Crippen molar-refractivity contribution in [3.63, 3.8) is 0 Å². The van der Waals surface area contributed by atoms with E-state index < -0.39 is 0 Å². The Morgan fingerprint density at radius 1 is 1.11 bits per heavy atom. The highest BCUT2D eigenvalue weighted by Crippen LogP contribution is 2.21. The number of hydrogen-bond donors (Lipinski definition) is 1. The monoisotopic (exact) mass is 274 g/mol. The number of anilines is 1. The van der Waals surface area contributed by atoms with E-state index in [-0.39, 0.29) is 0 Å². The Morgan fingerprint density at radius 2 is 1.89 bits per heavy atom. The van der Waals surface area contributed by atoms with Crippen LogP contribution in [0, 0.1) is 0 Å². The van der Waals surface area contributed by atoms with Gasteiger partial charge in [0.25, 0.3) is 0 Å². The molecule has 0 saturated carbocycles. The molecule has 1 aromatic heterocycles. The molecule has 19 heavy (non-hydrogen) atoms. The van der Waals surface area contributed by atoms with E-state index >= 15 is 0 Å². The molecule has 2 aromatic rings. The molecule has 1 N–H and O–H groups in total. The van der Waals surface area contributed by atoms with Gasteiger partial charge in [-0.25, -0.2) is 0 Å². The van der Waals surface area contributed by atoms with Crippen LogP contribution in [0.1, 0.15) is 4.88 Å². The number of ether oxygens (including phenoxy) is 1. The first-order valence-electron chi connectivity index (χ1n) is 6.63. The summed E-state index contributed by atoms with van der Waals surface area (Å²) in [5.74, 6) is 0.937. The molecule has 1 aromatic carbocycles. The van der Waals surface area contributed by atoms with Crippen LogP contribution in [0.3, 0.4) is 0 Å². The predicted molar refractivity (Wildman–Crippen MR) is 80.2 cm³/mol. The van der Waals surface area contributed by atoms with Crippen molar-refractivity contribution in [1.82, 2.24) is 5.32 Å². The highest BCUT2D eigenvalue weighted by Gasteiger charge is 2.09. The van der Waals surface area contributed by atoms with Gasteiger partial charge in [0.1, 0.15) is 12.4 Å². The first kappa shape index (κ1) is 12.5. The number of hydrogen-bond acceptors (Lipinski definition) is 4. The molecule has 1 saturated heterocycles. The van der Waals surface area contributed by atoms with Crippen LogP contribution in [0.5, 0.6) is 5.75 Å². The Kier molecular flexibility index (Phi) is 4.01. The van der Waals surface area contributed by atoms with Gasteiger partial charge >= 0.3 is 0 Å². The molecule has 3 nitrogen and oxygen atoms in total. The Morgan fingerprint density at radius 3 is 2.58 bits per heavy atom. The fraction of sp³-hybridized carbons (Fsp3) is 0.333. The zero-order valence-electron chi connectivity index (χ0n) is 10.8. The summed E-state index contributed by atoms with van der Waals surface area (Å²) < 4.78 is 5.77. The molecule has 0 unspecified atom stereocenters. The van der Waals surface area contributed by atoms with Crippen LogP contribution in [0.25, 0.3) is 0 Å². The molecule has 1 fully saturated rings. The SMILES string of the molecule is c1csc(COc2ccc(N3CCNCC3)cc2)c1. The Bertz CT molecular complexity index is 489. The number of nitrogens with zero attached hydrogens (tertiary/aromatic N) is 1. The Labute approximate surface area is 117 Å². The highest BCUT2D eigenvalue weighted by molar-refractivity contribution is 7.09. The van der Waals surface area contributed by atoms with Crippen molar-refractivity contribution in [1.29, 1.82) is 0 Å². The van der Waals surface area contributed by atoms with Gasteiger partial charge in [-0.1, -0.05) is 6.07 Å². The van der Waals surface area contributed by atoms with E-state index in [0.717, 1.165) is 31.9 Å². The molecule has 1 aliphatic heterocycles. The molecule has 100 valence electrons. The maximum absolute atomic E-state index is 5.77. The standard InChI is InChI=1S/C15H18N2OS/c1-2-15(19-11-1)12-18-14-5-3-13(4-6-14)17-9-7-16-8-10-17/h1-6,11,16H,7-10,12H2. The van der Waals surface area contributed by atoms with Gasteiger partial charge in [-0.3, -0.25) is 0 Å². The molecular weight excluding hydrogens is 256 g/mol. The van der Waals surface area contributed by atoms with Crippen molar-refractivity contribution in [3.05, 3.63) is 46.7 Å². The molecule has 0 amide bonds. The average Bonchev–Trinajstić information content (AvgIpc) is 3.00. The van der Waals surface area contributed by atoms with Gasteiger partial charge in [0.15, 0.2) is 0 Å². The van der Waals surface area contributed by atoms with Crippen LogP contribution in [-0.4, -0.2) is 26.2 Å². The summed E-state index contributed by atoms with van der Waals surface area (Å²) in [7, 11) is 0. The predicted octanol–water partition coefficient (Wildman–Crippen LogP) is 2.74. The van der Waals surface area contributed by atoms with E-state index in [1.54, 1.807) is 11.3 Å². The van der Waals surface area contributed by atoms with E-state index in [4.69, 9.17) is 4.74 Å². The maximum Gasteiger partial charge on any atom is 0.122 e. The third-order valence-electron chi connectivity index (χ3n) is 3.28. The second kappa shape index (κ2) is 6.08. The third-order valence-corrected chi connectivity index (χ3v) is 4.13. The van der Waals surface area contributed by atoms with Crippen molar-refractivity contribution < 1.29 is 4.74 Å². The minimum absolute atomic E-state index is 0.657. The van der Waals surface area contributed by atoms with Crippen molar-refractivity contribution >= 4 is 17.0 Å². The summed E-state index contributed by atoms with van der Waals surface area (Å²) in [4.78, 5) is 3.66. The van der Waals surface area contributed by atoms with Gasteiger partial charge < -0.3 is 15.0 Å². The molecule has 3 rings (SSSR count). The summed E-state index contributed by atoms with van der Waals surface area (Å²) >= 11 is 1.73. The number of benzene rings is 1. The molecule has 0 atom stereocenters. The average molecular weight is 274 g/mol. The first-order valence-corrected chi connectivity index (χ1v) is 7.51. The molecule has 2 heterocycles. The fourth-order valence-corrected chi connectivity index (χ4v) is 2.84. The molecular formula is C15H18N2OS. The minimum atomic E-state index is 0.657. The summed E-state index contributed by atoms with van der Waals surface area (Å²) in [5.41, 5.74) is 1.28. The number of piperazine rings is 1. The van der Waals surface area contributed by atoms with Crippen LogP contribution < -0.4 is 15.0 Å². The Hall–Kier alpha value is -1.52. The van der Waals surface area contributed by atoms with Gasteiger partial charge in [0.2, 0.25) is 0 Å². The van der Waals surface area contributed by atoms with Crippen molar-refractivity contribution in [2.75, 3.05) is 31.1 Å². The van der Waals surface area contributed by atoms with Gasteiger partial charge in [-0.2, -0.15) is 0 Å². The molecule has 1 aliphatic rings. The fourth-order valence-electron chi connectivity index (χ4n) is 2.23. The summed E-state index contributed by atoms with van der Waals surface area (Å²) in [5, 5.41) is 5.44. The zero-order valence-corrected chi connectivity index (χ0v) is 11.7. The molecule has 0 radical (unpaired) electrons. The lowest BCUT2D eigenvalue weighted by atomic mass is 10.2. The van der Waals surface area contributed by atoms with Crippen LogP contribution in [0.4, 0.5) is 5.69 Å². The van der Waals surface area contributed by atoms with Gasteiger partial charge in [0.05, 0.1) is 0 Å². The number of nitrogens with one attached hydrogen (secondary N) is 1.